The van der Waals surface area contributed by atoms with Crippen LogP contribution < -0.4 is 5.32 Å². The van der Waals surface area contributed by atoms with Crippen molar-refractivity contribution in [2.45, 2.75) is 19.9 Å². The predicted octanol–water partition coefficient (Wildman–Crippen LogP) is 4.33. The molecule has 0 aliphatic carbocycles. The van der Waals surface area contributed by atoms with Gasteiger partial charge in [-0.25, -0.2) is 4.39 Å². The Hall–Kier alpha value is -1.75. The van der Waals surface area contributed by atoms with E-state index in [0.717, 1.165) is 23.7 Å². The van der Waals surface area contributed by atoms with Crippen molar-refractivity contribution in [3.63, 3.8) is 0 Å². The number of Topliss-reactive ketones (excluding diaryl/α,β-unsaturated/α-hetero) is 1. The van der Waals surface area contributed by atoms with E-state index in [9.17, 15) is 9.18 Å². The van der Waals surface area contributed by atoms with Gasteiger partial charge in [0.25, 0.3) is 0 Å². The van der Waals surface area contributed by atoms with Crippen LogP contribution in [0.1, 0.15) is 35.8 Å². The molecule has 25 heavy (non-hydrogen) atoms. The fraction of sp³-hybridized carbons (Fsp3) is 0.350. The van der Waals surface area contributed by atoms with Crippen LogP contribution in [-0.4, -0.2) is 36.9 Å². The first-order valence-electron chi connectivity index (χ1n) is 8.54. The molecule has 0 spiro atoms. The standard InChI is InChI=1S/C20H24ClFN2O/c1-3-24(4-2)19(17-7-5-6-8-18(17)21)13-23-14-20(25)15-9-11-16(22)12-10-15/h5-12,19,23H,3-4,13-14H2,1-2H3. The molecule has 5 heteroatoms. The van der Waals surface area contributed by atoms with Gasteiger partial charge >= 0.3 is 0 Å². The van der Waals surface area contributed by atoms with Crippen LogP contribution in [0, 0.1) is 5.82 Å². The van der Waals surface area contributed by atoms with Crippen LogP contribution in [0.2, 0.25) is 5.02 Å². The summed E-state index contributed by atoms with van der Waals surface area (Å²) in [7, 11) is 0. The SMILES string of the molecule is CCN(CC)C(CNCC(=O)c1ccc(F)cc1)c1ccccc1Cl. The Bertz CT molecular complexity index is 686. The van der Waals surface area contributed by atoms with Crippen LogP contribution in [0.25, 0.3) is 0 Å². The normalized spacial score (nSPS) is 12.4. The van der Waals surface area contributed by atoms with E-state index in [-0.39, 0.29) is 24.2 Å². The summed E-state index contributed by atoms with van der Waals surface area (Å²) in [6.45, 7) is 6.81. The van der Waals surface area contributed by atoms with E-state index in [4.69, 9.17) is 11.6 Å². The van der Waals surface area contributed by atoms with Gasteiger partial charge in [-0.2, -0.15) is 0 Å². The summed E-state index contributed by atoms with van der Waals surface area (Å²) in [6.07, 6.45) is 0. The molecule has 1 unspecified atom stereocenters. The highest BCUT2D eigenvalue weighted by Crippen LogP contribution is 2.26. The number of hydrogen-bond donors (Lipinski definition) is 1. The third-order valence-electron chi connectivity index (χ3n) is 4.31. The van der Waals surface area contributed by atoms with Gasteiger partial charge in [0, 0.05) is 23.2 Å². The van der Waals surface area contributed by atoms with Gasteiger partial charge in [-0.3, -0.25) is 9.69 Å². The van der Waals surface area contributed by atoms with E-state index in [1.54, 1.807) is 0 Å². The molecule has 0 fully saturated rings. The molecule has 1 atom stereocenters. The minimum Gasteiger partial charge on any atom is -0.308 e. The minimum atomic E-state index is -0.343. The van der Waals surface area contributed by atoms with Gasteiger partial charge in [-0.15, -0.1) is 0 Å². The highest BCUT2D eigenvalue weighted by Gasteiger charge is 2.20. The summed E-state index contributed by atoms with van der Waals surface area (Å²) >= 11 is 6.37. The molecule has 0 aliphatic heterocycles. The van der Waals surface area contributed by atoms with Crippen molar-refractivity contribution in [2.24, 2.45) is 0 Å². The fourth-order valence-corrected chi connectivity index (χ4v) is 3.17. The van der Waals surface area contributed by atoms with Crippen molar-refractivity contribution in [2.75, 3.05) is 26.2 Å². The summed E-state index contributed by atoms with van der Waals surface area (Å²) in [5.41, 5.74) is 1.56. The molecule has 2 rings (SSSR count). The Labute approximate surface area is 153 Å². The largest absolute Gasteiger partial charge is 0.308 e. The predicted molar refractivity (Wildman–Crippen MR) is 101 cm³/mol. The van der Waals surface area contributed by atoms with E-state index in [2.05, 4.69) is 24.1 Å². The Morgan fingerprint density at radius 1 is 1.12 bits per heavy atom. The van der Waals surface area contributed by atoms with Crippen molar-refractivity contribution < 1.29 is 9.18 Å². The molecule has 0 amide bonds. The number of carbonyl (C=O) groups excluding carboxylic acids is 1. The number of rotatable bonds is 9. The van der Waals surface area contributed by atoms with Crippen LogP contribution in [0.3, 0.4) is 0 Å². The molecular formula is C20H24ClFN2O. The molecular weight excluding hydrogens is 339 g/mol. The zero-order valence-electron chi connectivity index (χ0n) is 14.6. The summed E-state index contributed by atoms with van der Waals surface area (Å²) in [5, 5.41) is 3.96. The molecule has 0 saturated carbocycles. The first kappa shape index (κ1) is 19.6. The van der Waals surface area contributed by atoms with Gasteiger partial charge in [0.2, 0.25) is 0 Å². The molecule has 0 aliphatic rings. The molecule has 0 bridgehead atoms. The zero-order chi connectivity index (χ0) is 18.2. The average molecular weight is 363 g/mol. The average Bonchev–Trinajstić information content (AvgIpc) is 2.62. The number of likely N-dealkylation sites (N-methyl/N-ethyl adjacent to an activating group) is 1. The monoisotopic (exact) mass is 362 g/mol. The maximum absolute atomic E-state index is 13.0. The van der Waals surface area contributed by atoms with Crippen LogP contribution in [0.5, 0.6) is 0 Å². The first-order valence-corrected chi connectivity index (χ1v) is 8.92. The number of carbonyl (C=O) groups is 1. The third kappa shape index (κ3) is 5.36. The summed E-state index contributed by atoms with van der Waals surface area (Å²) in [4.78, 5) is 14.5. The smallest absolute Gasteiger partial charge is 0.176 e. The highest BCUT2D eigenvalue weighted by atomic mass is 35.5. The van der Waals surface area contributed by atoms with Gasteiger partial charge in [0.1, 0.15) is 5.82 Å². The number of benzene rings is 2. The van der Waals surface area contributed by atoms with Crippen LogP contribution >= 0.6 is 11.6 Å². The van der Waals surface area contributed by atoms with E-state index in [1.807, 2.05) is 24.3 Å². The van der Waals surface area contributed by atoms with E-state index in [1.165, 1.54) is 24.3 Å². The minimum absolute atomic E-state index is 0.0579. The lowest BCUT2D eigenvalue weighted by Gasteiger charge is -2.31. The molecule has 2 aromatic rings. The lowest BCUT2D eigenvalue weighted by Crippen LogP contribution is -2.37. The number of nitrogens with zero attached hydrogens (tertiary/aromatic N) is 1. The van der Waals surface area contributed by atoms with Gasteiger partial charge in [-0.05, 0) is 49.0 Å². The molecule has 3 nitrogen and oxygen atoms in total. The zero-order valence-corrected chi connectivity index (χ0v) is 15.4. The highest BCUT2D eigenvalue weighted by molar-refractivity contribution is 6.31. The van der Waals surface area contributed by atoms with E-state index in [0.29, 0.717) is 12.1 Å². The van der Waals surface area contributed by atoms with Crippen molar-refractivity contribution in [1.29, 1.82) is 0 Å². The fourth-order valence-electron chi connectivity index (χ4n) is 2.91. The third-order valence-corrected chi connectivity index (χ3v) is 4.65. The summed E-state index contributed by atoms with van der Waals surface area (Å²) in [5.74, 6) is -0.401. The Morgan fingerprint density at radius 3 is 2.36 bits per heavy atom. The number of ketones is 1. The lowest BCUT2D eigenvalue weighted by atomic mass is 10.0. The van der Waals surface area contributed by atoms with Crippen LogP contribution in [-0.2, 0) is 0 Å². The topological polar surface area (TPSA) is 32.3 Å². The second-order valence-corrected chi connectivity index (χ2v) is 6.23. The van der Waals surface area contributed by atoms with Crippen molar-refractivity contribution in [3.8, 4) is 0 Å². The second kappa shape index (κ2) is 9.66. The van der Waals surface area contributed by atoms with E-state index < -0.39 is 0 Å². The van der Waals surface area contributed by atoms with E-state index >= 15 is 0 Å². The van der Waals surface area contributed by atoms with Gasteiger partial charge in [-0.1, -0.05) is 43.6 Å². The summed E-state index contributed by atoms with van der Waals surface area (Å²) < 4.78 is 13.0. The first-order chi connectivity index (χ1) is 12.1. The maximum atomic E-state index is 13.0. The maximum Gasteiger partial charge on any atom is 0.176 e. The number of hydrogen-bond acceptors (Lipinski definition) is 3. The second-order valence-electron chi connectivity index (χ2n) is 5.82. The van der Waals surface area contributed by atoms with Gasteiger partial charge in [0.15, 0.2) is 5.78 Å². The Kier molecular flexibility index (Phi) is 7.56. The van der Waals surface area contributed by atoms with Crippen molar-refractivity contribution >= 4 is 17.4 Å². The van der Waals surface area contributed by atoms with Crippen molar-refractivity contribution in [1.82, 2.24) is 10.2 Å². The number of halogens is 2. The number of nitrogens with one attached hydrogen (secondary N) is 1. The Balaban J connectivity index is 2.03. The van der Waals surface area contributed by atoms with Crippen LogP contribution in [0.4, 0.5) is 4.39 Å². The molecule has 2 aromatic carbocycles. The summed E-state index contributed by atoms with van der Waals surface area (Å²) in [6, 6.07) is 13.5. The Morgan fingerprint density at radius 2 is 1.76 bits per heavy atom. The molecule has 0 saturated heterocycles. The molecule has 0 heterocycles. The lowest BCUT2D eigenvalue weighted by molar-refractivity contribution is 0.0987. The van der Waals surface area contributed by atoms with Crippen molar-refractivity contribution in [3.05, 3.63) is 70.5 Å². The van der Waals surface area contributed by atoms with Gasteiger partial charge in [0.05, 0.1) is 6.54 Å². The quantitative estimate of drug-likeness (QED) is 0.674. The molecule has 1 N–H and O–H groups in total. The molecule has 0 radical (unpaired) electrons. The molecule has 134 valence electrons. The van der Waals surface area contributed by atoms with Crippen LogP contribution in [0.15, 0.2) is 48.5 Å². The molecule has 0 aromatic heterocycles. The van der Waals surface area contributed by atoms with Gasteiger partial charge < -0.3 is 5.32 Å².